The van der Waals surface area contributed by atoms with Crippen LogP contribution < -0.4 is 10.9 Å². The van der Waals surface area contributed by atoms with Gasteiger partial charge in [-0.15, -0.1) is 0 Å². The van der Waals surface area contributed by atoms with E-state index in [0.29, 0.717) is 9.64 Å². The van der Waals surface area contributed by atoms with E-state index in [4.69, 9.17) is 4.74 Å². The van der Waals surface area contributed by atoms with Gasteiger partial charge in [-0.05, 0) is 74.6 Å². The molecule has 0 spiro atoms. The molecular weight excluding hydrogens is 526 g/mol. The molecule has 0 radical (unpaired) electrons. The summed E-state index contributed by atoms with van der Waals surface area (Å²) in [5.41, 5.74) is -1.45. The number of amides is 1. The first kappa shape index (κ1) is 23.0. The average Bonchev–Trinajstić information content (AvgIpc) is 2.59. The summed E-state index contributed by atoms with van der Waals surface area (Å²) in [6.45, 7) is 6.61. The van der Waals surface area contributed by atoms with E-state index in [1.165, 1.54) is 6.07 Å². The molecule has 1 atom stereocenters. The van der Waals surface area contributed by atoms with Crippen molar-refractivity contribution in [1.29, 1.82) is 0 Å². The fourth-order valence-corrected chi connectivity index (χ4v) is 3.70. The summed E-state index contributed by atoms with van der Waals surface area (Å²) in [6, 6.07) is 3.89. The van der Waals surface area contributed by atoms with Crippen LogP contribution in [0.5, 0.6) is 0 Å². The van der Waals surface area contributed by atoms with E-state index in [0.717, 1.165) is 22.8 Å². The third-order valence-electron chi connectivity index (χ3n) is 4.14. The monoisotopic (exact) mass is 545 g/mol. The SMILES string of the molecule is C[C@H](NC(=O)OC(C)(C)C)c1nc2c(I)cc(F)cc2c(=O)n1-c1cc(F)cc(F)c1. The largest absolute Gasteiger partial charge is 0.444 e. The molecule has 3 aromatic rings. The smallest absolute Gasteiger partial charge is 0.408 e. The molecule has 1 aromatic heterocycles. The maximum absolute atomic E-state index is 14.0. The second-order valence-corrected chi connectivity index (χ2v) is 9.05. The summed E-state index contributed by atoms with van der Waals surface area (Å²) in [5.74, 6) is -2.47. The Morgan fingerprint density at radius 1 is 1.10 bits per heavy atom. The second-order valence-electron chi connectivity index (χ2n) is 7.89. The highest BCUT2D eigenvalue weighted by Gasteiger charge is 2.24. The van der Waals surface area contributed by atoms with Crippen molar-refractivity contribution in [3.05, 3.63) is 67.5 Å². The number of nitrogens with one attached hydrogen (secondary N) is 1. The fourth-order valence-electron chi connectivity index (χ4n) is 2.99. The van der Waals surface area contributed by atoms with Gasteiger partial charge in [0.1, 0.15) is 28.9 Å². The molecule has 31 heavy (non-hydrogen) atoms. The number of benzene rings is 2. The maximum Gasteiger partial charge on any atom is 0.408 e. The number of hydrogen-bond acceptors (Lipinski definition) is 4. The molecule has 0 saturated carbocycles. The molecule has 0 bridgehead atoms. The molecule has 1 amide bonds. The van der Waals surface area contributed by atoms with E-state index < -0.39 is 40.7 Å². The molecule has 0 aliphatic rings. The van der Waals surface area contributed by atoms with Gasteiger partial charge in [0.2, 0.25) is 0 Å². The lowest BCUT2D eigenvalue weighted by Gasteiger charge is -2.23. The molecule has 0 aliphatic carbocycles. The number of ether oxygens (including phenoxy) is 1. The standard InChI is InChI=1S/C21H19F3IN3O3/c1-10(26-20(30)31-21(2,3)4)18-27-17-15(8-13(24)9-16(17)25)19(29)28(18)14-6-11(22)5-12(23)7-14/h5-10H,1-4H3,(H,26,30)/t10-/m0/s1. The van der Waals surface area contributed by atoms with E-state index in [9.17, 15) is 22.8 Å². The van der Waals surface area contributed by atoms with Crippen LogP contribution in [0, 0.1) is 21.0 Å². The first-order valence-corrected chi connectivity index (χ1v) is 10.3. The minimum absolute atomic E-state index is 0.00196. The molecule has 0 aliphatic heterocycles. The van der Waals surface area contributed by atoms with Gasteiger partial charge in [-0.1, -0.05) is 0 Å². The predicted octanol–water partition coefficient (Wildman–Crippen LogP) is 4.99. The number of aromatic nitrogens is 2. The van der Waals surface area contributed by atoms with Crippen LogP contribution in [0.1, 0.15) is 39.6 Å². The van der Waals surface area contributed by atoms with Gasteiger partial charge in [-0.2, -0.15) is 0 Å². The minimum atomic E-state index is -0.908. The molecular formula is C21H19F3IN3O3. The van der Waals surface area contributed by atoms with E-state index in [-0.39, 0.29) is 22.4 Å². The van der Waals surface area contributed by atoms with Crippen LogP contribution in [-0.2, 0) is 4.74 Å². The molecule has 2 aromatic carbocycles. The van der Waals surface area contributed by atoms with Crippen molar-refractivity contribution in [3.8, 4) is 5.69 Å². The molecule has 1 heterocycles. The van der Waals surface area contributed by atoms with Gasteiger partial charge in [0.05, 0.1) is 22.6 Å². The van der Waals surface area contributed by atoms with Gasteiger partial charge < -0.3 is 10.1 Å². The maximum atomic E-state index is 14.0. The Labute approximate surface area is 189 Å². The zero-order valence-electron chi connectivity index (χ0n) is 17.1. The minimum Gasteiger partial charge on any atom is -0.444 e. The molecule has 10 heteroatoms. The van der Waals surface area contributed by atoms with Crippen molar-refractivity contribution in [1.82, 2.24) is 14.9 Å². The van der Waals surface area contributed by atoms with Crippen LogP contribution in [0.4, 0.5) is 18.0 Å². The molecule has 0 unspecified atom stereocenters. The third kappa shape index (κ3) is 5.17. The Hall–Kier alpha value is -2.63. The van der Waals surface area contributed by atoms with Crippen LogP contribution in [-0.4, -0.2) is 21.2 Å². The number of hydrogen-bond donors (Lipinski definition) is 1. The molecule has 1 N–H and O–H groups in total. The predicted molar refractivity (Wildman–Crippen MR) is 118 cm³/mol. The van der Waals surface area contributed by atoms with Gasteiger partial charge in [0, 0.05) is 9.64 Å². The topological polar surface area (TPSA) is 73.2 Å². The highest BCUT2D eigenvalue weighted by Crippen LogP contribution is 2.24. The molecule has 0 fully saturated rings. The van der Waals surface area contributed by atoms with Crippen LogP contribution in [0.25, 0.3) is 16.6 Å². The van der Waals surface area contributed by atoms with Gasteiger partial charge in [-0.3, -0.25) is 9.36 Å². The first-order valence-electron chi connectivity index (χ1n) is 9.23. The van der Waals surface area contributed by atoms with Crippen molar-refractivity contribution in [2.24, 2.45) is 0 Å². The average molecular weight is 545 g/mol. The van der Waals surface area contributed by atoms with Gasteiger partial charge in [0.15, 0.2) is 0 Å². The van der Waals surface area contributed by atoms with Gasteiger partial charge >= 0.3 is 6.09 Å². The number of nitrogens with zero attached hydrogens (tertiary/aromatic N) is 2. The Balaban J connectivity index is 2.25. The van der Waals surface area contributed by atoms with Crippen LogP contribution in [0.15, 0.2) is 35.1 Å². The van der Waals surface area contributed by atoms with Crippen LogP contribution in [0.3, 0.4) is 0 Å². The summed E-state index contributed by atoms with van der Waals surface area (Å²) in [7, 11) is 0. The zero-order chi connectivity index (χ0) is 23.1. The summed E-state index contributed by atoms with van der Waals surface area (Å²) in [4.78, 5) is 29.9. The van der Waals surface area contributed by atoms with Gasteiger partial charge in [-0.25, -0.2) is 22.9 Å². The fraction of sp³-hybridized carbons (Fsp3) is 0.286. The van der Waals surface area contributed by atoms with Crippen molar-refractivity contribution >= 4 is 39.6 Å². The van der Waals surface area contributed by atoms with Crippen LogP contribution in [0.2, 0.25) is 0 Å². The molecule has 164 valence electrons. The highest BCUT2D eigenvalue weighted by atomic mass is 127. The Morgan fingerprint density at radius 2 is 1.68 bits per heavy atom. The quantitative estimate of drug-likeness (QED) is 0.471. The van der Waals surface area contributed by atoms with E-state index in [2.05, 4.69) is 10.3 Å². The Morgan fingerprint density at radius 3 is 2.26 bits per heavy atom. The van der Waals surface area contributed by atoms with Crippen molar-refractivity contribution < 1.29 is 22.7 Å². The van der Waals surface area contributed by atoms with Crippen molar-refractivity contribution in [2.45, 2.75) is 39.3 Å². The summed E-state index contributed by atoms with van der Waals surface area (Å²) in [6.07, 6.45) is -0.764. The number of carbonyl (C=O) groups excluding carboxylic acids is 1. The lowest BCUT2D eigenvalue weighted by atomic mass is 10.2. The lowest BCUT2D eigenvalue weighted by Crippen LogP contribution is -2.37. The third-order valence-corrected chi connectivity index (χ3v) is 4.97. The second kappa shape index (κ2) is 8.48. The molecule has 0 saturated heterocycles. The number of fused-ring (bicyclic) bond motifs is 1. The normalized spacial score (nSPS) is 12.6. The lowest BCUT2D eigenvalue weighted by molar-refractivity contribution is 0.0505. The molecule has 6 nitrogen and oxygen atoms in total. The number of rotatable bonds is 3. The summed E-state index contributed by atoms with van der Waals surface area (Å²) in [5, 5.41) is 2.50. The van der Waals surface area contributed by atoms with Crippen molar-refractivity contribution in [3.63, 3.8) is 0 Å². The molecule has 3 rings (SSSR count). The van der Waals surface area contributed by atoms with Gasteiger partial charge in [0.25, 0.3) is 5.56 Å². The Kier molecular flexibility index (Phi) is 6.30. The van der Waals surface area contributed by atoms with Crippen molar-refractivity contribution in [2.75, 3.05) is 0 Å². The number of halogens is 4. The number of carbonyl (C=O) groups is 1. The summed E-state index contributed by atoms with van der Waals surface area (Å²) < 4.78 is 48.3. The zero-order valence-corrected chi connectivity index (χ0v) is 19.3. The summed E-state index contributed by atoms with van der Waals surface area (Å²) >= 11 is 1.84. The van der Waals surface area contributed by atoms with E-state index in [1.807, 2.05) is 22.6 Å². The number of alkyl carbamates (subject to hydrolysis) is 1. The van der Waals surface area contributed by atoms with E-state index in [1.54, 1.807) is 27.7 Å². The Bertz CT molecular complexity index is 1220. The highest BCUT2D eigenvalue weighted by molar-refractivity contribution is 14.1. The first-order chi connectivity index (χ1) is 14.4. The van der Waals surface area contributed by atoms with Crippen LogP contribution >= 0.6 is 22.6 Å². The van der Waals surface area contributed by atoms with E-state index >= 15 is 0 Å².